The average Bonchev–Trinajstić information content (AvgIpc) is 3.05. The summed E-state index contributed by atoms with van der Waals surface area (Å²) in [5.41, 5.74) is 7.03. The molecular weight excluding hydrogens is 406 g/mol. The van der Waals surface area contributed by atoms with Crippen molar-refractivity contribution >= 4 is 28.8 Å². The molecule has 2 amide bonds. The second-order valence-electron chi connectivity index (χ2n) is 8.12. The van der Waals surface area contributed by atoms with Crippen LogP contribution in [0.15, 0.2) is 36.4 Å². The number of amides is 2. The molecule has 0 saturated carbocycles. The topological polar surface area (TPSA) is 62.3 Å². The number of rotatable bonds is 6. The zero-order valence-corrected chi connectivity index (χ0v) is 19.8. The Morgan fingerprint density at radius 2 is 1.58 bits per heavy atom. The number of benzene rings is 2. The van der Waals surface area contributed by atoms with E-state index in [1.165, 1.54) is 21.8 Å². The van der Waals surface area contributed by atoms with Crippen molar-refractivity contribution in [2.45, 2.75) is 41.0 Å². The van der Waals surface area contributed by atoms with Gasteiger partial charge in [0, 0.05) is 23.2 Å². The quantitative estimate of drug-likeness (QED) is 0.593. The molecule has 0 unspecified atom stereocenters. The zero-order chi connectivity index (χ0) is 22.7. The summed E-state index contributed by atoms with van der Waals surface area (Å²) in [6.45, 7) is 9.97. The van der Waals surface area contributed by atoms with Gasteiger partial charge in [0.15, 0.2) is 0 Å². The lowest BCUT2D eigenvalue weighted by Gasteiger charge is -2.18. The molecule has 0 aliphatic rings. The molecule has 0 fully saturated rings. The fourth-order valence-electron chi connectivity index (χ4n) is 3.66. The Morgan fingerprint density at radius 3 is 2.19 bits per heavy atom. The van der Waals surface area contributed by atoms with Crippen molar-refractivity contribution in [2.75, 3.05) is 18.9 Å². The van der Waals surface area contributed by atoms with Crippen LogP contribution >= 0.6 is 11.3 Å². The van der Waals surface area contributed by atoms with Gasteiger partial charge in [0.2, 0.25) is 11.8 Å². The van der Waals surface area contributed by atoms with Crippen LogP contribution in [0.25, 0.3) is 11.3 Å². The van der Waals surface area contributed by atoms with E-state index in [0.29, 0.717) is 0 Å². The summed E-state index contributed by atoms with van der Waals surface area (Å²) in [5.74, 6) is -0.311. The number of aryl methyl sites for hydroxylation is 5. The van der Waals surface area contributed by atoms with Gasteiger partial charge in [0.1, 0.15) is 0 Å². The van der Waals surface area contributed by atoms with Crippen LogP contribution < -0.4 is 5.32 Å². The first-order valence-corrected chi connectivity index (χ1v) is 11.1. The van der Waals surface area contributed by atoms with Gasteiger partial charge in [-0.15, -0.1) is 11.3 Å². The third kappa shape index (κ3) is 5.58. The second kappa shape index (κ2) is 9.43. The summed E-state index contributed by atoms with van der Waals surface area (Å²) >= 11 is 1.53. The van der Waals surface area contributed by atoms with Crippen LogP contribution in [0, 0.1) is 34.6 Å². The minimum absolute atomic E-state index is 0.00322. The van der Waals surface area contributed by atoms with E-state index in [2.05, 4.69) is 10.3 Å². The smallest absolute Gasteiger partial charge is 0.243 e. The zero-order valence-electron chi connectivity index (χ0n) is 19.0. The molecule has 162 valence electrons. The number of aromatic nitrogens is 1. The number of hydrogen-bond acceptors (Lipinski definition) is 4. The molecule has 0 bridgehead atoms. The number of anilines is 1. The highest BCUT2D eigenvalue weighted by molar-refractivity contribution is 7.12. The van der Waals surface area contributed by atoms with Crippen LogP contribution in [-0.4, -0.2) is 35.3 Å². The number of carbonyl (C=O) groups is 2. The Kier molecular flexibility index (Phi) is 6.91. The largest absolute Gasteiger partial charge is 0.336 e. The molecule has 0 spiro atoms. The van der Waals surface area contributed by atoms with Crippen molar-refractivity contribution in [3.63, 3.8) is 0 Å². The van der Waals surface area contributed by atoms with Gasteiger partial charge in [0.25, 0.3) is 0 Å². The Labute approximate surface area is 188 Å². The van der Waals surface area contributed by atoms with Gasteiger partial charge in [-0.3, -0.25) is 9.59 Å². The second-order valence-corrected chi connectivity index (χ2v) is 9.41. The number of carbonyl (C=O) groups excluding carboxylic acids is 2. The molecule has 0 aliphatic carbocycles. The number of nitrogens with one attached hydrogen (secondary N) is 1. The summed E-state index contributed by atoms with van der Waals surface area (Å²) in [7, 11) is 1.66. The van der Waals surface area contributed by atoms with Gasteiger partial charge in [-0.1, -0.05) is 47.5 Å². The molecule has 0 atom stereocenters. The summed E-state index contributed by atoms with van der Waals surface area (Å²) in [4.78, 5) is 32.5. The summed E-state index contributed by atoms with van der Waals surface area (Å²) in [5, 5.41) is 3.88. The maximum absolute atomic E-state index is 12.9. The Hall–Kier alpha value is -2.99. The SMILES string of the molecule is Cc1ccc(-c2nc(C)sc2CC(=O)N(C)CC(=O)Nc2c(C)cc(C)cc2C)cc1. The number of hydrogen-bond donors (Lipinski definition) is 1. The first-order chi connectivity index (χ1) is 14.6. The third-order valence-electron chi connectivity index (χ3n) is 5.19. The third-order valence-corrected chi connectivity index (χ3v) is 6.16. The summed E-state index contributed by atoms with van der Waals surface area (Å²) < 4.78 is 0. The van der Waals surface area contributed by atoms with Gasteiger partial charge < -0.3 is 10.2 Å². The molecule has 3 aromatic rings. The van der Waals surface area contributed by atoms with Crippen molar-refractivity contribution < 1.29 is 9.59 Å². The predicted octanol–water partition coefficient (Wildman–Crippen LogP) is 4.99. The Balaban J connectivity index is 1.68. The lowest BCUT2D eigenvalue weighted by molar-refractivity contribution is -0.132. The van der Waals surface area contributed by atoms with E-state index in [1.807, 2.05) is 71.0 Å². The molecule has 0 radical (unpaired) electrons. The molecule has 1 N–H and O–H groups in total. The van der Waals surface area contributed by atoms with Gasteiger partial charge >= 0.3 is 0 Å². The van der Waals surface area contributed by atoms with E-state index < -0.39 is 0 Å². The maximum Gasteiger partial charge on any atom is 0.243 e. The van der Waals surface area contributed by atoms with E-state index >= 15 is 0 Å². The monoisotopic (exact) mass is 435 g/mol. The number of likely N-dealkylation sites (N-methyl/N-ethyl adjacent to an activating group) is 1. The van der Waals surface area contributed by atoms with E-state index in [-0.39, 0.29) is 24.8 Å². The van der Waals surface area contributed by atoms with Gasteiger partial charge in [0.05, 0.1) is 23.7 Å². The molecule has 31 heavy (non-hydrogen) atoms. The molecule has 5 nitrogen and oxygen atoms in total. The highest BCUT2D eigenvalue weighted by atomic mass is 32.1. The molecule has 3 rings (SSSR count). The Bertz CT molecular complexity index is 1090. The van der Waals surface area contributed by atoms with Crippen molar-refractivity contribution in [2.24, 2.45) is 0 Å². The van der Waals surface area contributed by atoms with Crippen LogP contribution in [-0.2, 0) is 16.0 Å². The normalized spacial score (nSPS) is 10.8. The molecular formula is C25H29N3O2S. The van der Waals surface area contributed by atoms with Gasteiger partial charge in [-0.05, 0) is 45.7 Å². The average molecular weight is 436 g/mol. The lowest BCUT2D eigenvalue weighted by atomic mass is 10.1. The van der Waals surface area contributed by atoms with Gasteiger partial charge in [-0.2, -0.15) is 0 Å². The van der Waals surface area contributed by atoms with Crippen LogP contribution in [0.4, 0.5) is 5.69 Å². The Morgan fingerprint density at radius 1 is 0.968 bits per heavy atom. The summed E-state index contributed by atoms with van der Waals surface area (Å²) in [6.07, 6.45) is 0.223. The van der Waals surface area contributed by atoms with E-state index in [1.54, 1.807) is 7.05 Å². The predicted molar refractivity (Wildman–Crippen MR) is 128 cm³/mol. The van der Waals surface area contributed by atoms with Crippen LogP contribution in [0.3, 0.4) is 0 Å². The standard InChI is InChI=1S/C25H29N3O2S/c1-15-7-9-20(10-8-15)25-21(31-19(5)26-25)13-23(30)28(6)14-22(29)27-24-17(3)11-16(2)12-18(24)4/h7-12H,13-14H2,1-6H3,(H,27,29). The van der Waals surface area contributed by atoms with Crippen molar-refractivity contribution in [3.8, 4) is 11.3 Å². The minimum atomic E-state index is -0.204. The summed E-state index contributed by atoms with van der Waals surface area (Å²) in [6, 6.07) is 12.2. The van der Waals surface area contributed by atoms with E-state index in [0.717, 1.165) is 43.5 Å². The maximum atomic E-state index is 12.9. The minimum Gasteiger partial charge on any atom is -0.336 e. The fraction of sp³-hybridized carbons (Fsp3) is 0.320. The van der Waals surface area contributed by atoms with Crippen LogP contribution in [0.1, 0.15) is 32.1 Å². The number of thiazole rings is 1. The molecule has 2 aromatic carbocycles. The molecule has 1 heterocycles. The van der Waals surface area contributed by atoms with Crippen molar-refractivity contribution in [3.05, 3.63) is 68.5 Å². The first kappa shape index (κ1) is 22.7. The van der Waals surface area contributed by atoms with Crippen LogP contribution in [0.5, 0.6) is 0 Å². The van der Waals surface area contributed by atoms with Crippen molar-refractivity contribution in [1.82, 2.24) is 9.88 Å². The van der Waals surface area contributed by atoms with E-state index in [9.17, 15) is 9.59 Å². The molecule has 1 aromatic heterocycles. The highest BCUT2D eigenvalue weighted by Crippen LogP contribution is 2.29. The fourth-order valence-corrected chi connectivity index (χ4v) is 4.61. The van der Waals surface area contributed by atoms with Crippen molar-refractivity contribution in [1.29, 1.82) is 0 Å². The lowest BCUT2D eigenvalue weighted by Crippen LogP contribution is -2.36. The highest BCUT2D eigenvalue weighted by Gasteiger charge is 2.19. The molecule has 0 saturated heterocycles. The number of nitrogens with zero attached hydrogens (tertiary/aromatic N) is 2. The van der Waals surface area contributed by atoms with E-state index in [4.69, 9.17) is 0 Å². The molecule has 0 aliphatic heterocycles. The first-order valence-electron chi connectivity index (χ1n) is 10.3. The molecule has 6 heteroatoms. The van der Waals surface area contributed by atoms with Gasteiger partial charge in [-0.25, -0.2) is 4.98 Å². The van der Waals surface area contributed by atoms with Crippen LogP contribution in [0.2, 0.25) is 0 Å².